The molecule has 1 aromatic carbocycles. The van der Waals surface area contributed by atoms with Gasteiger partial charge in [0, 0.05) is 23.4 Å². The molecule has 18 heavy (non-hydrogen) atoms. The van der Waals surface area contributed by atoms with E-state index < -0.39 is 5.54 Å². The number of hydrogen-bond donors (Lipinski definition) is 1. The van der Waals surface area contributed by atoms with Gasteiger partial charge in [0.2, 0.25) is 0 Å². The lowest BCUT2D eigenvalue weighted by Gasteiger charge is -2.21. The van der Waals surface area contributed by atoms with Crippen LogP contribution >= 0.6 is 11.6 Å². The van der Waals surface area contributed by atoms with E-state index in [2.05, 4.69) is 0 Å². The van der Waals surface area contributed by atoms with Crippen LogP contribution in [0.3, 0.4) is 0 Å². The first-order valence-corrected chi connectivity index (χ1v) is 6.58. The molecular formula is C14H18ClNO2. The highest BCUT2D eigenvalue weighted by atomic mass is 35.5. The quantitative estimate of drug-likeness (QED) is 0.912. The lowest BCUT2D eigenvalue weighted by atomic mass is 9.89. The lowest BCUT2D eigenvalue weighted by molar-refractivity contribution is -0.123. The SMILES string of the molecule is CCC(C)(N)C(=O)Cc1cc(Cl)cc2c1OCC2. The number of nitrogens with two attached hydrogens (primary N) is 1. The first kappa shape index (κ1) is 13.4. The molecule has 0 aliphatic carbocycles. The summed E-state index contributed by atoms with van der Waals surface area (Å²) < 4.78 is 5.58. The number of benzene rings is 1. The lowest BCUT2D eigenvalue weighted by Crippen LogP contribution is -2.45. The van der Waals surface area contributed by atoms with E-state index in [0.717, 1.165) is 23.3 Å². The molecule has 0 spiro atoms. The van der Waals surface area contributed by atoms with Crippen LogP contribution in [0.2, 0.25) is 5.02 Å². The zero-order valence-corrected chi connectivity index (χ0v) is 11.5. The van der Waals surface area contributed by atoms with Crippen LogP contribution < -0.4 is 10.5 Å². The maximum atomic E-state index is 12.2. The summed E-state index contributed by atoms with van der Waals surface area (Å²) in [5.74, 6) is 0.838. The van der Waals surface area contributed by atoms with Crippen LogP contribution in [-0.2, 0) is 17.6 Å². The molecule has 1 aliphatic heterocycles. The van der Waals surface area contributed by atoms with Gasteiger partial charge in [-0.1, -0.05) is 18.5 Å². The first-order valence-electron chi connectivity index (χ1n) is 6.20. The Bertz CT molecular complexity index is 483. The van der Waals surface area contributed by atoms with Crippen molar-refractivity contribution in [3.63, 3.8) is 0 Å². The van der Waals surface area contributed by atoms with Gasteiger partial charge in [0.05, 0.1) is 12.1 Å². The highest BCUT2D eigenvalue weighted by Crippen LogP contribution is 2.33. The molecule has 4 heteroatoms. The molecule has 2 rings (SSSR count). The molecule has 2 N–H and O–H groups in total. The van der Waals surface area contributed by atoms with Gasteiger partial charge in [-0.25, -0.2) is 0 Å². The Morgan fingerprint density at radius 1 is 1.56 bits per heavy atom. The van der Waals surface area contributed by atoms with Gasteiger partial charge in [-0.3, -0.25) is 4.79 Å². The summed E-state index contributed by atoms with van der Waals surface area (Å²) in [7, 11) is 0. The second-order valence-corrected chi connectivity index (χ2v) is 5.46. The Hall–Kier alpha value is -1.06. The van der Waals surface area contributed by atoms with E-state index in [9.17, 15) is 4.79 Å². The number of halogens is 1. The Labute approximate surface area is 112 Å². The van der Waals surface area contributed by atoms with Gasteiger partial charge in [-0.05, 0) is 31.0 Å². The Kier molecular flexibility index (Phi) is 3.64. The van der Waals surface area contributed by atoms with Gasteiger partial charge in [-0.2, -0.15) is 0 Å². The molecule has 3 nitrogen and oxygen atoms in total. The van der Waals surface area contributed by atoms with E-state index >= 15 is 0 Å². The monoisotopic (exact) mass is 267 g/mol. The third kappa shape index (κ3) is 2.52. The molecule has 0 aromatic heterocycles. The van der Waals surface area contributed by atoms with Crippen molar-refractivity contribution in [3.8, 4) is 5.75 Å². The van der Waals surface area contributed by atoms with Crippen molar-refractivity contribution in [1.29, 1.82) is 0 Å². The van der Waals surface area contributed by atoms with E-state index in [1.54, 1.807) is 13.0 Å². The number of carbonyl (C=O) groups excluding carboxylic acids is 1. The van der Waals surface area contributed by atoms with Crippen molar-refractivity contribution in [3.05, 3.63) is 28.3 Å². The van der Waals surface area contributed by atoms with Gasteiger partial charge >= 0.3 is 0 Å². The van der Waals surface area contributed by atoms with Crippen molar-refractivity contribution < 1.29 is 9.53 Å². The topological polar surface area (TPSA) is 52.3 Å². The minimum Gasteiger partial charge on any atom is -0.493 e. The fourth-order valence-corrected chi connectivity index (χ4v) is 2.31. The summed E-state index contributed by atoms with van der Waals surface area (Å²) >= 11 is 6.06. The number of Topliss-reactive ketones (excluding diaryl/α,β-unsaturated/α-hetero) is 1. The molecule has 1 unspecified atom stereocenters. The van der Waals surface area contributed by atoms with E-state index in [4.69, 9.17) is 22.1 Å². The Morgan fingerprint density at radius 2 is 2.28 bits per heavy atom. The Balaban J connectivity index is 2.28. The smallest absolute Gasteiger partial charge is 0.156 e. The normalized spacial score (nSPS) is 16.9. The van der Waals surface area contributed by atoms with Crippen LogP contribution in [0.25, 0.3) is 0 Å². The third-order valence-electron chi connectivity index (χ3n) is 3.55. The summed E-state index contributed by atoms with van der Waals surface area (Å²) in [4.78, 5) is 12.2. The van der Waals surface area contributed by atoms with Crippen LogP contribution in [-0.4, -0.2) is 17.9 Å². The fraction of sp³-hybridized carbons (Fsp3) is 0.500. The van der Waals surface area contributed by atoms with Gasteiger partial charge in [0.1, 0.15) is 5.75 Å². The number of ketones is 1. The molecule has 0 amide bonds. The van der Waals surface area contributed by atoms with E-state index in [0.29, 0.717) is 18.1 Å². The second kappa shape index (κ2) is 4.90. The summed E-state index contributed by atoms with van der Waals surface area (Å²) in [5.41, 5.74) is 7.12. The minimum absolute atomic E-state index is 0.0185. The number of fused-ring (bicyclic) bond motifs is 1. The molecule has 1 heterocycles. The summed E-state index contributed by atoms with van der Waals surface area (Å²) in [6.45, 7) is 4.34. The van der Waals surface area contributed by atoms with Gasteiger partial charge in [0.15, 0.2) is 5.78 Å². The molecule has 1 aromatic rings. The average molecular weight is 268 g/mol. The fourth-order valence-electron chi connectivity index (χ4n) is 2.05. The van der Waals surface area contributed by atoms with Crippen molar-refractivity contribution in [2.24, 2.45) is 5.73 Å². The molecule has 0 bridgehead atoms. The minimum atomic E-state index is -0.784. The highest BCUT2D eigenvalue weighted by Gasteiger charge is 2.28. The predicted molar refractivity (Wildman–Crippen MR) is 72.2 cm³/mol. The first-order chi connectivity index (χ1) is 8.44. The Morgan fingerprint density at radius 3 is 2.94 bits per heavy atom. The average Bonchev–Trinajstić information content (AvgIpc) is 2.76. The molecular weight excluding hydrogens is 250 g/mol. The molecule has 0 fully saturated rings. The summed E-state index contributed by atoms with van der Waals surface area (Å²) in [6.07, 6.45) is 1.75. The molecule has 0 radical (unpaired) electrons. The highest BCUT2D eigenvalue weighted by molar-refractivity contribution is 6.30. The number of rotatable bonds is 4. The second-order valence-electron chi connectivity index (χ2n) is 5.02. The van der Waals surface area contributed by atoms with Gasteiger partial charge in [0.25, 0.3) is 0 Å². The zero-order valence-electron chi connectivity index (χ0n) is 10.8. The van der Waals surface area contributed by atoms with Gasteiger partial charge < -0.3 is 10.5 Å². The van der Waals surface area contributed by atoms with Crippen LogP contribution in [0.5, 0.6) is 5.75 Å². The number of hydrogen-bond acceptors (Lipinski definition) is 3. The molecule has 0 saturated carbocycles. The summed E-state index contributed by atoms with van der Waals surface area (Å²) in [5, 5.41) is 0.650. The molecule has 1 aliphatic rings. The van der Waals surface area contributed by atoms with Crippen molar-refractivity contribution >= 4 is 17.4 Å². The summed E-state index contributed by atoms with van der Waals surface area (Å²) in [6, 6.07) is 3.70. The number of carbonyl (C=O) groups is 1. The van der Waals surface area contributed by atoms with E-state index in [1.807, 2.05) is 13.0 Å². The largest absolute Gasteiger partial charge is 0.493 e. The van der Waals surface area contributed by atoms with Crippen LogP contribution in [0.15, 0.2) is 12.1 Å². The number of ether oxygens (including phenoxy) is 1. The van der Waals surface area contributed by atoms with E-state index in [-0.39, 0.29) is 12.2 Å². The standard InChI is InChI=1S/C14H18ClNO2/c1-3-14(2,16)12(17)8-10-7-11(15)6-9-4-5-18-13(9)10/h6-7H,3-5,8,16H2,1-2H3. The molecule has 0 saturated heterocycles. The molecule has 1 atom stereocenters. The van der Waals surface area contributed by atoms with Crippen molar-refractivity contribution in [2.75, 3.05) is 6.61 Å². The maximum absolute atomic E-state index is 12.2. The van der Waals surface area contributed by atoms with Gasteiger partial charge in [-0.15, -0.1) is 0 Å². The third-order valence-corrected chi connectivity index (χ3v) is 3.77. The predicted octanol–water partition coefficient (Wildman–Crippen LogP) is 2.51. The van der Waals surface area contributed by atoms with E-state index in [1.165, 1.54) is 0 Å². The molecule has 98 valence electrons. The van der Waals surface area contributed by atoms with Crippen molar-refractivity contribution in [1.82, 2.24) is 0 Å². The van der Waals surface area contributed by atoms with Crippen LogP contribution in [0.1, 0.15) is 31.4 Å². The van der Waals surface area contributed by atoms with Crippen molar-refractivity contribution in [2.45, 2.75) is 38.6 Å². The van der Waals surface area contributed by atoms with Crippen LogP contribution in [0, 0.1) is 0 Å². The maximum Gasteiger partial charge on any atom is 0.156 e. The van der Waals surface area contributed by atoms with Crippen LogP contribution in [0.4, 0.5) is 0 Å². The zero-order chi connectivity index (χ0) is 13.3.